The standard InChI is InChI=1S/C12H10Cl2IN3O/c1-2-7-5-10(18-17-7)16-12(19)8-3-6(13)4-9(14)11(8)15/h3-5H,2H2,1H3,(H2,16,17,18,19). The second-order valence-corrected chi connectivity index (χ2v) is 5.76. The SMILES string of the molecule is CCc1cc(NC(=O)c2cc(Cl)cc(Cl)c2I)n[nH]1. The molecule has 0 saturated carbocycles. The van der Waals surface area contributed by atoms with Crippen LogP contribution in [0, 0.1) is 3.57 Å². The number of carbonyl (C=O) groups is 1. The molecule has 0 fully saturated rings. The van der Waals surface area contributed by atoms with Gasteiger partial charge >= 0.3 is 0 Å². The number of H-pyrrole nitrogens is 1. The highest BCUT2D eigenvalue weighted by Crippen LogP contribution is 2.27. The first-order chi connectivity index (χ1) is 9.01. The summed E-state index contributed by atoms with van der Waals surface area (Å²) in [4.78, 5) is 12.1. The lowest BCUT2D eigenvalue weighted by atomic mass is 10.2. The molecular formula is C12H10Cl2IN3O. The number of aryl methyl sites for hydroxylation is 1. The molecule has 1 amide bonds. The molecule has 1 aromatic heterocycles. The summed E-state index contributed by atoms with van der Waals surface area (Å²) in [6.45, 7) is 2.00. The summed E-state index contributed by atoms with van der Waals surface area (Å²) in [5, 5.41) is 10.4. The van der Waals surface area contributed by atoms with Crippen LogP contribution in [0.2, 0.25) is 10.0 Å². The molecule has 2 rings (SSSR count). The topological polar surface area (TPSA) is 57.8 Å². The van der Waals surface area contributed by atoms with E-state index in [4.69, 9.17) is 23.2 Å². The second-order valence-electron chi connectivity index (χ2n) is 3.84. The zero-order valence-electron chi connectivity index (χ0n) is 9.93. The number of carbonyl (C=O) groups excluding carboxylic acids is 1. The van der Waals surface area contributed by atoms with Gasteiger partial charge in [0.15, 0.2) is 5.82 Å². The molecule has 0 bridgehead atoms. The molecule has 1 aromatic carbocycles. The number of aromatic amines is 1. The monoisotopic (exact) mass is 409 g/mol. The minimum Gasteiger partial charge on any atom is -0.305 e. The molecule has 0 radical (unpaired) electrons. The van der Waals surface area contributed by atoms with Gasteiger partial charge in [-0.1, -0.05) is 30.1 Å². The van der Waals surface area contributed by atoms with Gasteiger partial charge in [-0.05, 0) is 41.1 Å². The number of anilines is 1. The van der Waals surface area contributed by atoms with Crippen molar-refractivity contribution in [1.29, 1.82) is 0 Å². The van der Waals surface area contributed by atoms with Gasteiger partial charge in [0.05, 0.1) is 10.6 Å². The first kappa shape index (κ1) is 14.6. The number of benzene rings is 1. The minimum atomic E-state index is -0.289. The zero-order valence-corrected chi connectivity index (χ0v) is 13.6. The number of halogens is 3. The van der Waals surface area contributed by atoms with Crippen LogP contribution in [0.3, 0.4) is 0 Å². The van der Waals surface area contributed by atoms with Crippen LogP contribution in [-0.4, -0.2) is 16.1 Å². The summed E-state index contributed by atoms with van der Waals surface area (Å²) in [6, 6.07) is 4.97. The number of hydrogen-bond donors (Lipinski definition) is 2. The lowest BCUT2D eigenvalue weighted by Gasteiger charge is -2.06. The van der Waals surface area contributed by atoms with Gasteiger partial charge in [0.25, 0.3) is 5.91 Å². The van der Waals surface area contributed by atoms with Crippen LogP contribution in [-0.2, 0) is 6.42 Å². The summed E-state index contributed by atoms with van der Waals surface area (Å²) in [5.74, 6) is 0.191. The summed E-state index contributed by atoms with van der Waals surface area (Å²) >= 11 is 13.9. The fraction of sp³-hybridized carbons (Fsp3) is 0.167. The zero-order chi connectivity index (χ0) is 14.0. The highest BCUT2D eigenvalue weighted by atomic mass is 127. The van der Waals surface area contributed by atoms with Crippen molar-refractivity contribution in [2.75, 3.05) is 5.32 Å². The van der Waals surface area contributed by atoms with Gasteiger partial charge in [0.2, 0.25) is 0 Å². The number of rotatable bonds is 3. The summed E-state index contributed by atoms with van der Waals surface area (Å²) in [7, 11) is 0. The number of nitrogens with one attached hydrogen (secondary N) is 2. The Morgan fingerprint density at radius 1 is 1.42 bits per heavy atom. The van der Waals surface area contributed by atoms with Gasteiger partial charge in [-0.3, -0.25) is 9.89 Å². The fourth-order valence-electron chi connectivity index (χ4n) is 1.51. The van der Waals surface area contributed by atoms with Crippen LogP contribution in [0.5, 0.6) is 0 Å². The van der Waals surface area contributed by atoms with Crippen molar-refractivity contribution in [2.45, 2.75) is 13.3 Å². The predicted molar refractivity (Wildman–Crippen MR) is 85.1 cm³/mol. The molecule has 7 heteroatoms. The van der Waals surface area contributed by atoms with Gasteiger partial charge in [-0.25, -0.2) is 0 Å². The Hall–Kier alpha value is -0.790. The van der Waals surface area contributed by atoms with Gasteiger partial charge in [0, 0.05) is 20.4 Å². The molecule has 4 nitrogen and oxygen atoms in total. The largest absolute Gasteiger partial charge is 0.305 e. The van der Waals surface area contributed by atoms with E-state index >= 15 is 0 Å². The maximum Gasteiger partial charge on any atom is 0.258 e. The van der Waals surface area contributed by atoms with E-state index in [9.17, 15) is 4.79 Å². The van der Waals surface area contributed by atoms with Crippen molar-refractivity contribution in [2.24, 2.45) is 0 Å². The Balaban J connectivity index is 2.25. The van der Waals surface area contributed by atoms with Crippen molar-refractivity contribution in [3.05, 3.63) is 43.1 Å². The molecule has 2 aromatic rings. The van der Waals surface area contributed by atoms with Crippen molar-refractivity contribution >= 4 is 57.5 Å². The van der Waals surface area contributed by atoms with Gasteiger partial charge < -0.3 is 5.32 Å². The predicted octanol–water partition coefficient (Wildman–Crippen LogP) is 4.14. The van der Waals surface area contributed by atoms with E-state index in [1.165, 1.54) is 0 Å². The van der Waals surface area contributed by atoms with E-state index in [-0.39, 0.29) is 5.91 Å². The molecule has 100 valence electrons. The number of aromatic nitrogens is 2. The Labute approximate surface area is 134 Å². The minimum absolute atomic E-state index is 0.289. The highest BCUT2D eigenvalue weighted by molar-refractivity contribution is 14.1. The third kappa shape index (κ3) is 3.40. The number of amides is 1. The van der Waals surface area contributed by atoms with Crippen LogP contribution >= 0.6 is 45.8 Å². The summed E-state index contributed by atoms with van der Waals surface area (Å²) in [6.07, 6.45) is 0.823. The maximum absolute atomic E-state index is 12.1. The fourth-order valence-corrected chi connectivity index (χ4v) is 2.56. The van der Waals surface area contributed by atoms with E-state index in [0.29, 0.717) is 25.0 Å². The van der Waals surface area contributed by atoms with E-state index in [0.717, 1.165) is 12.1 Å². The van der Waals surface area contributed by atoms with E-state index in [1.54, 1.807) is 18.2 Å². The molecule has 19 heavy (non-hydrogen) atoms. The number of nitrogens with zero attached hydrogens (tertiary/aromatic N) is 1. The van der Waals surface area contributed by atoms with Crippen molar-refractivity contribution in [3.8, 4) is 0 Å². The van der Waals surface area contributed by atoms with Gasteiger partial charge in [0.1, 0.15) is 0 Å². The lowest BCUT2D eigenvalue weighted by molar-refractivity contribution is 0.102. The van der Waals surface area contributed by atoms with Crippen LogP contribution < -0.4 is 5.32 Å². The average molecular weight is 410 g/mol. The average Bonchev–Trinajstić information content (AvgIpc) is 2.81. The first-order valence-corrected chi connectivity index (χ1v) is 7.35. The van der Waals surface area contributed by atoms with Gasteiger partial charge in [-0.15, -0.1) is 0 Å². The summed E-state index contributed by atoms with van der Waals surface area (Å²) in [5.41, 5.74) is 1.38. The molecule has 0 spiro atoms. The Morgan fingerprint density at radius 2 is 2.16 bits per heavy atom. The Morgan fingerprint density at radius 3 is 2.79 bits per heavy atom. The molecule has 0 aliphatic rings. The van der Waals surface area contributed by atoms with Crippen molar-refractivity contribution in [1.82, 2.24) is 10.2 Å². The maximum atomic E-state index is 12.1. The molecule has 0 aliphatic heterocycles. The second kappa shape index (κ2) is 6.11. The molecule has 0 atom stereocenters. The molecule has 0 saturated heterocycles. The normalized spacial score (nSPS) is 10.5. The molecule has 0 unspecified atom stereocenters. The smallest absolute Gasteiger partial charge is 0.258 e. The van der Waals surface area contributed by atoms with Crippen LogP contribution in [0.1, 0.15) is 23.0 Å². The summed E-state index contributed by atoms with van der Waals surface area (Å²) < 4.78 is 0.660. The highest BCUT2D eigenvalue weighted by Gasteiger charge is 2.15. The van der Waals surface area contributed by atoms with Crippen LogP contribution in [0.4, 0.5) is 5.82 Å². The molecule has 2 N–H and O–H groups in total. The van der Waals surface area contributed by atoms with E-state index in [2.05, 4.69) is 15.5 Å². The van der Waals surface area contributed by atoms with Crippen molar-refractivity contribution in [3.63, 3.8) is 0 Å². The third-order valence-electron chi connectivity index (χ3n) is 2.49. The van der Waals surface area contributed by atoms with E-state index in [1.807, 2.05) is 29.5 Å². The lowest BCUT2D eigenvalue weighted by Crippen LogP contribution is -2.14. The van der Waals surface area contributed by atoms with Crippen LogP contribution in [0.25, 0.3) is 0 Å². The van der Waals surface area contributed by atoms with Crippen LogP contribution in [0.15, 0.2) is 18.2 Å². The van der Waals surface area contributed by atoms with Gasteiger partial charge in [-0.2, -0.15) is 5.10 Å². The Kier molecular flexibility index (Phi) is 4.70. The molecular weight excluding hydrogens is 400 g/mol. The Bertz CT molecular complexity index is 627. The van der Waals surface area contributed by atoms with Crippen molar-refractivity contribution < 1.29 is 4.79 Å². The quantitative estimate of drug-likeness (QED) is 0.591. The molecule has 0 aliphatic carbocycles. The third-order valence-corrected chi connectivity index (χ3v) is 4.49. The first-order valence-electron chi connectivity index (χ1n) is 5.51. The van der Waals surface area contributed by atoms with E-state index < -0.39 is 0 Å². The molecule has 1 heterocycles. The number of hydrogen-bond acceptors (Lipinski definition) is 2.